The van der Waals surface area contributed by atoms with Crippen molar-refractivity contribution in [2.75, 3.05) is 7.11 Å². The van der Waals surface area contributed by atoms with Gasteiger partial charge in [-0.2, -0.15) is 0 Å². The van der Waals surface area contributed by atoms with Crippen molar-refractivity contribution in [3.8, 4) is 11.5 Å². The van der Waals surface area contributed by atoms with Gasteiger partial charge in [-0.25, -0.2) is 0 Å². The molecule has 0 radical (unpaired) electrons. The minimum absolute atomic E-state index is 0.0428. The van der Waals surface area contributed by atoms with E-state index in [0.717, 1.165) is 11.1 Å². The van der Waals surface area contributed by atoms with Gasteiger partial charge in [-0.3, -0.25) is 4.79 Å². The van der Waals surface area contributed by atoms with E-state index in [1.807, 2.05) is 44.2 Å². The fraction of sp³-hybridized carbons (Fsp3) is 0.316. The Hall–Kier alpha value is -2.20. The molecule has 4 nitrogen and oxygen atoms in total. The van der Waals surface area contributed by atoms with Crippen LogP contribution < -0.4 is 14.8 Å². The summed E-state index contributed by atoms with van der Waals surface area (Å²) in [6.07, 6.45) is 0.395. The van der Waals surface area contributed by atoms with Crippen LogP contribution in [0.5, 0.6) is 11.5 Å². The number of benzene rings is 2. The van der Waals surface area contributed by atoms with Crippen LogP contribution in [-0.4, -0.2) is 19.1 Å². The smallest absolute Gasteiger partial charge is 0.224 e. The van der Waals surface area contributed by atoms with Gasteiger partial charge in [0, 0.05) is 11.6 Å². The fourth-order valence-corrected chi connectivity index (χ4v) is 2.35. The second kappa shape index (κ2) is 8.60. The summed E-state index contributed by atoms with van der Waals surface area (Å²) in [5, 5.41) is 3.57. The largest absolute Gasteiger partial charge is 0.493 e. The van der Waals surface area contributed by atoms with Gasteiger partial charge in [-0.1, -0.05) is 29.8 Å². The number of rotatable bonds is 7. The summed E-state index contributed by atoms with van der Waals surface area (Å²) in [5.41, 5.74) is 1.88. The summed E-state index contributed by atoms with van der Waals surface area (Å²) in [7, 11) is 1.60. The standard InChI is InChI=1S/C19H22ClNO3/c1-13(2)24-17-9-6-15(10-18(17)23-3)12-21-19(22)11-14-4-7-16(20)8-5-14/h4-10,13H,11-12H2,1-3H3,(H,21,22). The number of hydrogen-bond acceptors (Lipinski definition) is 3. The molecule has 0 aliphatic rings. The van der Waals surface area contributed by atoms with Crippen molar-refractivity contribution < 1.29 is 14.3 Å². The quantitative estimate of drug-likeness (QED) is 0.823. The van der Waals surface area contributed by atoms with Crippen LogP contribution in [0, 0.1) is 0 Å². The number of ether oxygens (including phenoxy) is 2. The van der Waals surface area contributed by atoms with Crippen molar-refractivity contribution in [3.05, 3.63) is 58.6 Å². The number of nitrogens with one attached hydrogen (secondary N) is 1. The Morgan fingerprint density at radius 1 is 1.08 bits per heavy atom. The average Bonchev–Trinajstić information content (AvgIpc) is 2.55. The van der Waals surface area contributed by atoms with Crippen molar-refractivity contribution in [2.45, 2.75) is 32.9 Å². The highest BCUT2D eigenvalue weighted by Crippen LogP contribution is 2.28. The summed E-state index contributed by atoms with van der Waals surface area (Å²) in [4.78, 5) is 12.0. The average molecular weight is 348 g/mol. The van der Waals surface area contributed by atoms with E-state index in [1.54, 1.807) is 19.2 Å². The molecule has 0 saturated heterocycles. The lowest BCUT2D eigenvalue weighted by atomic mass is 10.1. The topological polar surface area (TPSA) is 47.6 Å². The highest BCUT2D eigenvalue weighted by Gasteiger charge is 2.09. The Morgan fingerprint density at radius 2 is 1.75 bits per heavy atom. The van der Waals surface area contributed by atoms with Crippen LogP contribution in [0.4, 0.5) is 0 Å². The van der Waals surface area contributed by atoms with Crippen LogP contribution in [-0.2, 0) is 17.8 Å². The van der Waals surface area contributed by atoms with E-state index in [2.05, 4.69) is 5.32 Å². The van der Waals surface area contributed by atoms with E-state index in [1.165, 1.54) is 0 Å². The minimum Gasteiger partial charge on any atom is -0.493 e. The van der Waals surface area contributed by atoms with Crippen LogP contribution in [0.2, 0.25) is 5.02 Å². The molecule has 0 heterocycles. The van der Waals surface area contributed by atoms with Gasteiger partial charge in [-0.05, 0) is 49.2 Å². The maximum Gasteiger partial charge on any atom is 0.224 e. The SMILES string of the molecule is COc1cc(CNC(=O)Cc2ccc(Cl)cc2)ccc1OC(C)C. The van der Waals surface area contributed by atoms with Gasteiger partial charge >= 0.3 is 0 Å². The third kappa shape index (κ3) is 5.46. The lowest BCUT2D eigenvalue weighted by Gasteiger charge is -2.14. The molecule has 0 saturated carbocycles. The van der Waals surface area contributed by atoms with Crippen molar-refractivity contribution in [1.82, 2.24) is 5.32 Å². The molecule has 1 N–H and O–H groups in total. The van der Waals surface area contributed by atoms with E-state index in [4.69, 9.17) is 21.1 Å². The van der Waals surface area contributed by atoms with Crippen LogP contribution >= 0.6 is 11.6 Å². The van der Waals surface area contributed by atoms with Gasteiger partial charge in [0.1, 0.15) is 0 Å². The predicted molar refractivity (Wildman–Crippen MR) is 95.8 cm³/mol. The van der Waals surface area contributed by atoms with E-state index in [9.17, 15) is 4.79 Å². The molecule has 128 valence electrons. The van der Waals surface area contributed by atoms with E-state index >= 15 is 0 Å². The number of halogens is 1. The molecule has 0 fully saturated rings. The van der Waals surface area contributed by atoms with Crippen molar-refractivity contribution in [2.24, 2.45) is 0 Å². The van der Waals surface area contributed by atoms with Crippen molar-refractivity contribution >= 4 is 17.5 Å². The second-order valence-electron chi connectivity index (χ2n) is 5.73. The van der Waals surface area contributed by atoms with Crippen LogP contribution in [0.1, 0.15) is 25.0 Å². The molecule has 0 bridgehead atoms. The molecule has 5 heteroatoms. The van der Waals surface area contributed by atoms with E-state index in [0.29, 0.717) is 29.5 Å². The second-order valence-corrected chi connectivity index (χ2v) is 6.17. The highest BCUT2D eigenvalue weighted by atomic mass is 35.5. The first-order valence-electron chi connectivity index (χ1n) is 7.82. The molecular weight excluding hydrogens is 326 g/mol. The Balaban J connectivity index is 1.93. The van der Waals surface area contributed by atoms with Gasteiger partial charge in [0.15, 0.2) is 11.5 Å². The highest BCUT2D eigenvalue weighted by molar-refractivity contribution is 6.30. The fourth-order valence-electron chi connectivity index (χ4n) is 2.22. The van der Waals surface area contributed by atoms with Gasteiger partial charge < -0.3 is 14.8 Å². The normalized spacial score (nSPS) is 10.5. The van der Waals surface area contributed by atoms with Crippen LogP contribution in [0.15, 0.2) is 42.5 Å². The molecule has 0 unspecified atom stereocenters. The number of amides is 1. The summed E-state index contributed by atoms with van der Waals surface area (Å²) in [6.45, 7) is 4.36. The first-order valence-corrected chi connectivity index (χ1v) is 8.20. The third-order valence-corrected chi connectivity index (χ3v) is 3.61. The van der Waals surface area contributed by atoms with Gasteiger partial charge in [0.2, 0.25) is 5.91 Å². The minimum atomic E-state index is -0.0428. The summed E-state index contributed by atoms with van der Waals surface area (Å²) in [5.74, 6) is 1.32. The van der Waals surface area contributed by atoms with Crippen molar-refractivity contribution in [3.63, 3.8) is 0 Å². The Labute approximate surface area is 147 Å². The third-order valence-electron chi connectivity index (χ3n) is 3.36. The Bertz CT molecular complexity index is 684. The summed E-state index contributed by atoms with van der Waals surface area (Å²) < 4.78 is 11.0. The monoisotopic (exact) mass is 347 g/mol. The van der Waals surface area contributed by atoms with Gasteiger partial charge in [0.25, 0.3) is 0 Å². The van der Waals surface area contributed by atoms with Crippen LogP contribution in [0.3, 0.4) is 0 Å². The molecule has 2 aromatic rings. The Kier molecular flexibility index (Phi) is 6.50. The zero-order valence-corrected chi connectivity index (χ0v) is 14.9. The zero-order chi connectivity index (χ0) is 17.5. The molecule has 0 atom stereocenters. The molecule has 0 spiro atoms. The van der Waals surface area contributed by atoms with Gasteiger partial charge in [-0.15, -0.1) is 0 Å². The predicted octanol–water partition coefficient (Wildman–Crippen LogP) is 3.99. The first kappa shape index (κ1) is 18.1. The number of hydrogen-bond donors (Lipinski definition) is 1. The molecule has 2 rings (SSSR count). The number of carbonyl (C=O) groups is 1. The van der Waals surface area contributed by atoms with Gasteiger partial charge in [0.05, 0.1) is 19.6 Å². The maximum absolute atomic E-state index is 12.0. The lowest BCUT2D eigenvalue weighted by molar-refractivity contribution is -0.120. The Morgan fingerprint density at radius 3 is 2.38 bits per heavy atom. The zero-order valence-electron chi connectivity index (χ0n) is 14.1. The molecule has 24 heavy (non-hydrogen) atoms. The van der Waals surface area contributed by atoms with Crippen molar-refractivity contribution in [1.29, 1.82) is 0 Å². The molecule has 0 aliphatic heterocycles. The summed E-state index contributed by atoms with van der Waals surface area (Å²) in [6, 6.07) is 12.9. The molecule has 1 amide bonds. The number of methoxy groups -OCH3 is 1. The lowest BCUT2D eigenvalue weighted by Crippen LogP contribution is -2.24. The number of carbonyl (C=O) groups excluding carboxylic acids is 1. The summed E-state index contributed by atoms with van der Waals surface area (Å²) >= 11 is 5.84. The van der Waals surface area contributed by atoms with E-state index in [-0.39, 0.29) is 12.0 Å². The van der Waals surface area contributed by atoms with E-state index < -0.39 is 0 Å². The molecule has 0 aliphatic carbocycles. The maximum atomic E-state index is 12.0. The molecule has 0 aromatic heterocycles. The molecule has 2 aromatic carbocycles. The molecular formula is C19H22ClNO3. The first-order chi connectivity index (χ1) is 11.5. The van der Waals surface area contributed by atoms with Crippen LogP contribution in [0.25, 0.3) is 0 Å².